The Hall–Kier alpha value is -3.52. The van der Waals surface area contributed by atoms with E-state index >= 15 is 0 Å². The van der Waals surface area contributed by atoms with E-state index < -0.39 is 18.4 Å². The van der Waals surface area contributed by atoms with E-state index in [1.165, 1.54) is 35.9 Å². The number of amides is 1. The molecule has 0 unspecified atom stereocenters. The number of hydrogen-bond donors (Lipinski definition) is 1. The summed E-state index contributed by atoms with van der Waals surface area (Å²) in [7, 11) is 0. The summed E-state index contributed by atoms with van der Waals surface area (Å²) in [6.45, 7) is 3.21. The second-order valence-electron chi connectivity index (χ2n) is 7.42. The van der Waals surface area contributed by atoms with Crippen LogP contribution in [0.15, 0.2) is 48.5 Å². The molecule has 7 nitrogen and oxygen atoms in total. The molecule has 33 heavy (non-hydrogen) atoms. The lowest BCUT2D eigenvalue weighted by Crippen LogP contribution is -2.21. The second kappa shape index (κ2) is 10.9. The average molecular weight is 472 g/mol. The number of nitrogens with one attached hydrogen (secondary N) is 1. The summed E-state index contributed by atoms with van der Waals surface area (Å²) in [5.74, 6) is -1.60. The highest BCUT2D eigenvalue weighted by molar-refractivity contribution is 6.33. The number of ketones is 1. The number of carbonyl (C=O) groups excluding carboxylic acids is 3. The Labute approximate surface area is 195 Å². The number of halogens is 2. The molecule has 1 heterocycles. The number of aryl methyl sites for hydroxylation is 2. The van der Waals surface area contributed by atoms with Gasteiger partial charge in [-0.1, -0.05) is 35.9 Å². The van der Waals surface area contributed by atoms with Crippen molar-refractivity contribution in [3.8, 4) is 5.69 Å². The topological polar surface area (TPSA) is 90.3 Å². The lowest BCUT2D eigenvalue weighted by molar-refractivity contribution is -0.118. The number of Topliss-reactive ketones (excluding diaryl/α,β-unsaturated/α-hetero) is 1. The van der Waals surface area contributed by atoms with Crippen LogP contribution in [-0.4, -0.2) is 40.6 Å². The van der Waals surface area contributed by atoms with Gasteiger partial charge in [-0.2, -0.15) is 5.10 Å². The molecule has 0 aliphatic heterocycles. The molecule has 0 aliphatic rings. The first-order valence-corrected chi connectivity index (χ1v) is 10.7. The summed E-state index contributed by atoms with van der Waals surface area (Å²) in [4.78, 5) is 35.9. The van der Waals surface area contributed by atoms with Crippen molar-refractivity contribution in [2.24, 2.45) is 0 Å². The molecule has 1 N–H and O–H groups in total. The number of nitrogens with zero attached hydrogens (tertiary/aromatic N) is 2. The monoisotopic (exact) mass is 471 g/mol. The van der Waals surface area contributed by atoms with Gasteiger partial charge >= 0.3 is 5.97 Å². The van der Waals surface area contributed by atoms with Gasteiger partial charge in [0.15, 0.2) is 12.4 Å². The Morgan fingerprint density at radius 2 is 1.76 bits per heavy atom. The predicted octanol–water partition coefficient (Wildman–Crippen LogP) is 4.08. The summed E-state index contributed by atoms with van der Waals surface area (Å²) in [6, 6.07) is 12.5. The quantitative estimate of drug-likeness (QED) is 0.288. The molecule has 0 bridgehead atoms. The maximum Gasteiger partial charge on any atom is 0.343 e. The van der Waals surface area contributed by atoms with Crippen LogP contribution in [0.3, 0.4) is 0 Å². The lowest BCUT2D eigenvalue weighted by atomic mass is 10.1. The Morgan fingerprint density at radius 3 is 2.39 bits per heavy atom. The van der Waals surface area contributed by atoms with Gasteiger partial charge in [-0.05, 0) is 49.6 Å². The first-order chi connectivity index (χ1) is 15.8. The highest BCUT2D eigenvalue weighted by atomic mass is 35.5. The van der Waals surface area contributed by atoms with Crippen molar-refractivity contribution in [1.82, 2.24) is 15.1 Å². The smallest absolute Gasteiger partial charge is 0.343 e. The number of carbonyl (C=O) groups is 3. The average Bonchev–Trinajstić information content (AvgIpc) is 3.09. The minimum atomic E-state index is -0.770. The molecule has 9 heteroatoms. The molecule has 2 aromatic carbocycles. The minimum absolute atomic E-state index is 0.0140. The summed E-state index contributed by atoms with van der Waals surface area (Å²) in [5.41, 5.74) is 2.30. The SMILES string of the molecule is CC(=O)NCCCc1ccc(C(=O)COC(=O)c2c(C)nn(-c3ccc(F)cc3)c2Cl)cc1. The number of benzene rings is 2. The van der Waals surface area contributed by atoms with Crippen molar-refractivity contribution in [2.75, 3.05) is 13.2 Å². The molecule has 0 saturated carbocycles. The third-order valence-corrected chi connectivity index (χ3v) is 5.25. The van der Waals surface area contributed by atoms with Gasteiger partial charge in [0.2, 0.25) is 5.91 Å². The van der Waals surface area contributed by atoms with E-state index in [9.17, 15) is 18.8 Å². The molecule has 3 rings (SSSR count). The Kier molecular flexibility index (Phi) is 7.95. The third kappa shape index (κ3) is 6.26. The molecular weight excluding hydrogens is 449 g/mol. The fraction of sp³-hybridized carbons (Fsp3) is 0.250. The molecule has 0 aliphatic carbocycles. The predicted molar refractivity (Wildman–Crippen MR) is 121 cm³/mol. The van der Waals surface area contributed by atoms with Crippen LogP contribution in [0, 0.1) is 12.7 Å². The normalized spacial score (nSPS) is 10.7. The largest absolute Gasteiger partial charge is 0.454 e. The van der Waals surface area contributed by atoms with Gasteiger partial charge in [-0.3, -0.25) is 9.59 Å². The molecule has 0 spiro atoms. The van der Waals surface area contributed by atoms with Crippen LogP contribution in [0.5, 0.6) is 0 Å². The van der Waals surface area contributed by atoms with Crippen LogP contribution in [0.25, 0.3) is 5.69 Å². The van der Waals surface area contributed by atoms with E-state index in [1.807, 2.05) is 12.1 Å². The van der Waals surface area contributed by atoms with Crippen LogP contribution in [0.1, 0.15) is 45.3 Å². The van der Waals surface area contributed by atoms with Gasteiger partial charge in [0.05, 0.1) is 11.4 Å². The summed E-state index contributed by atoms with van der Waals surface area (Å²) < 4.78 is 19.7. The van der Waals surface area contributed by atoms with E-state index in [1.54, 1.807) is 19.1 Å². The Balaban J connectivity index is 1.59. The lowest BCUT2D eigenvalue weighted by Gasteiger charge is -2.06. The molecule has 1 amide bonds. The Bertz CT molecular complexity index is 1160. The molecule has 0 radical (unpaired) electrons. The highest BCUT2D eigenvalue weighted by Crippen LogP contribution is 2.24. The van der Waals surface area contributed by atoms with Crippen molar-refractivity contribution in [3.63, 3.8) is 0 Å². The van der Waals surface area contributed by atoms with Crippen molar-refractivity contribution in [3.05, 3.63) is 81.9 Å². The highest BCUT2D eigenvalue weighted by Gasteiger charge is 2.23. The zero-order valence-electron chi connectivity index (χ0n) is 18.2. The van der Waals surface area contributed by atoms with E-state index in [0.29, 0.717) is 23.5 Å². The van der Waals surface area contributed by atoms with E-state index in [0.717, 1.165) is 18.4 Å². The molecule has 0 atom stereocenters. The summed E-state index contributed by atoms with van der Waals surface area (Å²) in [5, 5.41) is 6.97. The Morgan fingerprint density at radius 1 is 1.09 bits per heavy atom. The van der Waals surface area contributed by atoms with Crippen LogP contribution in [0.4, 0.5) is 4.39 Å². The second-order valence-corrected chi connectivity index (χ2v) is 7.78. The van der Waals surface area contributed by atoms with E-state index in [2.05, 4.69) is 10.4 Å². The van der Waals surface area contributed by atoms with Crippen molar-refractivity contribution >= 4 is 29.3 Å². The molecule has 0 saturated heterocycles. The zero-order chi connectivity index (χ0) is 24.0. The van der Waals surface area contributed by atoms with E-state index in [4.69, 9.17) is 16.3 Å². The molecular formula is C24H23ClFN3O4. The maximum atomic E-state index is 13.2. The van der Waals surface area contributed by atoms with Crippen molar-refractivity contribution < 1.29 is 23.5 Å². The zero-order valence-corrected chi connectivity index (χ0v) is 19.0. The first-order valence-electron chi connectivity index (χ1n) is 10.3. The first kappa shape index (κ1) is 24.1. The van der Waals surface area contributed by atoms with Gasteiger partial charge in [0, 0.05) is 19.0 Å². The molecule has 3 aromatic rings. The maximum absolute atomic E-state index is 13.2. The van der Waals surface area contributed by atoms with Crippen LogP contribution in [-0.2, 0) is 16.0 Å². The molecule has 0 fully saturated rings. The van der Waals surface area contributed by atoms with E-state index in [-0.39, 0.29) is 22.4 Å². The van der Waals surface area contributed by atoms with Gasteiger partial charge in [-0.25, -0.2) is 13.9 Å². The van der Waals surface area contributed by atoms with Crippen LogP contribution < -0.4 is 5.32 Å². The molecule has 172 valence electrons. The van der Waals surface area contributed by atoms with Gasteiger partial charge in [-0.15, -0.1) is 0 Å². The number of aromatic nitrogens is 2. The third-order valence-electron chi connectivity index (χ3n) is 4.91. The van der Waals surface area contributed by atoms with Crippen LogP contribution in [0.2, 0.25) is 5.15 Å². The standard InChI is InChI=1S/C24H23ClFN3O4/c1-15-22(23(25)29(28-15)20-11-9-19(26)10-12-20)24(32)33-14-21(31)18-7-5-17(6-8-18)4-3-13-27-16(2)30/h5-12H,3-4,13-14H2,1-2H3,(H,27,30). The summed E-state index contributed by atoms with van der Waals surface area (Å²) >= 11 is 6.32. The molecule has 1 aromatic heterocycles. The van der Waals surface area contributed by atoms with Crippen molar-refractivity contribution in [1.29, 1.82) is 0 Å². The summed E-state index contributed by atoms with van der Waals surface area (Å²) in [6.07, 6.45) is 1.55. The fourth-order valence-corrected chi connectivity index (χ4v) is 3.53. The number of rotatable bonds is 9. The van der Waals surface area contributed by atoms with Crippen LogP contribution >= 0.6 is 11.6 Å². The number of esters is 1. The van der Waals surface area contributed by atoms with Gasteiger partial charge in [0.1, 0.15) is 16.5 Å². The fourth-order valence-electron chi connectivity index (χ4n) is 3.19. The number of ether oxygens (including phenoxy) is 1. The van der Waals surface area contributed by atoms with Crippen molar-refractivity contribution in [2.45, 2.75) is 26.7 Å². The minimum Gasteiger partial charge on any atom is -0.454 e. The van der Waals surface area contributed by atoms with Gasteiger partial charge in [0.25, 0.3) is 0 Å². The number of hydrogen-bond acceptors (Lipinski definition) is 5. The van der Waals surface area contributed by atoms with Gasteiger partial charge < -0.3 is 10.1 Å².